The summed E-state index contributed by atoms with van der Waals surface area (Å²) >= 11 is 4.49. The summed E-state index contributed by atoms with van der Waals surface area (Å²) < 4.78 is 3.58. The topological polar surface area (TPSA) is 89.3 Å². The first-order valence-corrected chi connectivity index (χ1v) is 1.37. The molecule has 0 rings (SSSR count). The summed E-state index contributed by atoms with van der Waals surface area (Å²) in [5.41, 5.74) is 0. The minimum absolute atomic E-state index is 0. The average Bonchev–Trinajstić information content (AvgIpc) is 1.38. The molecule has 46 valence electrons. The van der Waals surface area contributed by atoms with Crippen molar-refractivity contribution in [1.82, 2.24) is 0 Å². The van der Waals surface area contributed by atoms with Crippen LogP contribution in [0.5, 0.6) is 0 Å². The minimum Gasteiger partial charge on any atom is -0.412 e. The Bertz CT molecular complexity index is 45.0. The van der Waals surface area contributed by atoms with Crippen molar-refractivity contribution < 1.29 is 20.0 Å². The highest BCUT2D eigenvalue weighted by atomic mass is 35.5. The SMILES string of the molecule is CC(=O)OCl.O.O. The number of rotatable bonds is 0. The Hall–Kier alpha value is -0.320. The van der Waals surface area contributed by atoms with Crippen LogP contribution in [0.25, 0.3) is 0 Å². The molecule has 0 aliphatic carbocycles. The standard InChI is InChI=1S/C2H3ClO2.2H2O/c1-2(4)5-3;;/h1H3;2*1H2. The molecule has 4 nitrogen and oxygen atoms in total. The zero-order chi connectivity index (χ0) is 4.28. The highest BCUT2D eigenvalue weighted by Gasteiger charge is 1.79. The number of carbonyl (C=O) groups is 1. The van der Waals surface area contributed by atoms with Gasteiger partial charge in [0.1, 0.15) is 11.9 Å². The van der Waals surface area contributed by atoms with Gasteiger partial charge in [-0.1, -0.05) is 0 Å². The monoisotopic (exact) mass is 130 g/mol. The van der Waals surface area contributed by atoms with Crippen molar-refractivity contribution in [2.24, 2.45) is 0 Å². The lowest BCUT2D eigenvalue weighted by atomic mass is 10.9. The molecule has 0 saturated carbocycles. The van der Waals surface area contributed by atoms with Crippen LogP contribution in [0.2, 0.25) is 0 Å². The zero-order valence-electron chi connectivity index (χ0n) is 3.69. The van der Waals surface area contributed by atoms with Crippen LogP contribution in [0.3, 0.4) is 0 Å². The van der Waals surface area contributed by atoms with Crippen molar-refractivity contribution in [2.45, 2.75) is 6.92 Å². The van der Waals surface area contributed by atoms with Gasteiger partial charge in [-0.3, -0.25) is 4.79 Å². The normalized spacial score (nSPS) is 4.86. The minimum atomic E-state index is -0.480. The van der Waals surface area contributed by atoms with E-state index in [4.69, 9.17) is 0 Å². The van der Waals surface area contributed by atoms with E-state index < -0.39 is 5.97 Å². The van der Waals surface area contributed by atoms with Crippen molar-refractivity contribution >= 4 is 17.8 Å². The number of hydrogen-bond acceptors (Lipinski definition) is 2. The van der Waals surface area contributed by atoms with Crippen LogP contribution >= 0.6 is 11.9 Å². The summed E-state index contributed by atoms with van der Waals surface area (Å²) in [6.07, 6.45) is 0. The van der Waals surface area contributed by atoms with Crippen LogP contribution in [-0.2, 0) is 9.08 Å². The zero-order valence-corrected chi connectivity index (χ0v) is 4.45. The molecule has 0 spiro atoms. The van der Waals surface area contributed by atoms with E-state index in [9.17, 15) is 4.79 Å². The molecule has 0 fully saturated rings. The molecule has 0 unspecified atom stereocenters. The van der Waals surface area contributed by atoms with Gasteiger partial charge in [0.2, 0.25) is 0 Å². The smallest absolute Gasteiger partial charge is 0.321 e. The molecule has 0 aromatic rings. The maximum Gasteiger partial charge on any atom is 0.321 e. The molecular formula is C2H7ClO4. The Morgan fingerprint density at radius 3 is 1.71 bits per heavy atom. The quantitative estimate of drug-likeness (QED) is 0.423. The van der Waals surface area contributed by atoms with Gasteiger partial charge in [0.05, 0.1) is 0 Å². The Morgan fingerprint density at radius 2 is 1.71 bits per heavy atom. The molecule has 0 radical (unpaired) electrons. The number of hydrogen-bond donors (Lipinski definition) is 0. The molecule has 0 heterocycles. The Kier molecular flexibility index (Phi) is 20.9. The first-order chi connectivity index (χ1) is 2.27. The molecular weight excluding hydrogens is 123 g/mol. The highest BCUT2D eigenvalue weighted by Crippen LogP contribution is 1.75. The molecule has 0 bridgehead atoms. The highest BCUT2D eigenvalue weighted by molar-refractivity contribution is 6.12. The molecule has 0 saturated heterocycles. The predicted molar refractivity (Wildman–Crippen MR) is 24.8 cm³/mol. The fourth-order valence-corrected chi connectivity index (χ4v) is 0. The van der Waals surface area contributed by atoms with Crippen molar-refractivity contribution in [3.8, 4) is 0 Å². The fourth-order valence-electron chi connectivity index (χ4n) is 0. The van der Waals surface area contributed by atoms with E-state index in [1.807, 2.05) is 0 Å². The number of carbonyl (C=O) groups excluding carboxylic acids is 1. The third kappa shape index (κ3) is 27.3. The second-order valence-corrected chi connectivity index (χ2v) is 0.723. The van der Waals surface area contributed by atoms with Crippen LogP contribution in [0.4, 0.5) is 0 Å². The summed E-state index contributed by atoms with van der Waals surface area (Å²) in [7, 11) is 0. The van der Waals surface area contributed by atoms with E-state index in [-0.39, 0.29) is 11.0 Å². The largest absolute Gasteiger partial charge is 0.412 e. The van der Waals surface area contributed by atoms with Gasteiger partial charge in [0.15, 0.2) is 0 Å². The first-order valence-electron chi connectivity index (χ1n) is 1.06. The van der Waals surface area contributed by atoms with Gasteiger partial charge in [0.25, 0.3) is 0 Å². The average molecular weight is 131 g/mol. The fraction of sp³-hybridized carbons (Fsp3) is 0.500. The lowest BCUT2D eigenvalue weighted by Gasteiger charge is -1.74. The Morgan fingerprint density at radius 1 is 1.57 bits per heavy atom. The van der Waals surface area contributed by atoms with E-state index in [0.29, 0.717) is 0 Å². The third-order valence-electron chi connectivity index (χ3n) is 0.109. The van der Waals surface area contributed by atoms with Gasteiger partial charge in [-0.15, -0.1) is 0 Å². The van der Waals surface area contributed by atoms with Gasteiger partial charge in [-0.25, -0.2) is 0 Å². The molecule has 7 heavy (non-hydrogen) atoms. The van der Waals surface area contributed by atoms with E-state index in [2.05, 4.69) is 16.2 Å². The van der Waals surface area contributed by atoms with Crippen molar-refractivity contribution in [2.75, 3.05) is 0 Å². The molecule has 0 amide bonds. The molecule has 0 aromatic heterocycles. The van der Waals surface area contributed by atoms with Gasteiger partial charge in [-0.2, -0.15) is 0 Å². The molecule has 0 aliphatic heterocycles. The van der Waals surface area contributed by atoms with Crippen LogP contribution in [0.1, 0.15) is 6.92 Å². The maximum absolute atomic E-state index is 9.46. The lowest BCUT2D eigenvalue weighted by Crippen LogP contribution is -1.82. The Balaban J connectivity index is -0.0000000800. The molecule has 5 heteroatoms. The van der Waals surface area contributed by atoms with Crippen LogP contribution in [-0.4, -0.2) is 16.9 Å². The Labute approximate surface area is 45.8 Å². The van der Waals surface area contributed by atoms with E-state index >= 15 is 0 Å². The van der Waals surface area contributed by atoms with Crippen molar-refractivity contribution in [3.63, 3.8) is 0 Å². The van der Waals surface area contributed by atoms with Gasteiger partial charge in [-0.05, 0) is 0 Å². The van der Waals surface area contributed by atoms with E-state index in [1.54, 1.807) is 0 Å². The molecule has 4 N–H and O–H groups in total. The first kappa shape index (κ1) is 15.9. The van der Waals surface area contributed by atoms with Gasteiger partial charge in [0, 0.05) is 6.92 Å². The molecule has 0 atom stereocenters. The lowest BCUT2D eigenvalue weighted by molar-refractivity contribution is -0.131. The summed E-state index contributed by atoms with van der Waals surface area (Å²) in [6, 6.07) is 0. The maximum atomic E-state index is 9.46. The van der Waals surface area contributed by atoms with Gasteiger partial charge >= 0.3 is 5.97 Å². The van der Waals surface area contributed by atoms with E-state index in [0.717, 1.165) is 0 Å². The summed E-state index contributed by atoms with van der Waals surface area (Å²) in [6.45, 7) is 1.23. The molecule has 0 aliphatic rings. The molecule has 0 aromatic carbocycles. The van der Waals surface area contributed by atoms with Crippen LogP contribution < -0.4 is 0 Å². The third-order valence-corrected chi connectivity index (χ3v) is 0.326. The predicted octanol–water partition coefficient (Wildman–Crippen LogP) is -0.946. The number of halogens is 1. The summed E-state index contributed by atoms with van der Waals surface area (Å²) in [4.78, 5) is 9.46. The second kappa shape index (κ2) is 9.19. The van der Waals surface area contributed by atoms with E-state index in [1.165, 1.54) is 6.92 Å². The van der Waals surface area contributed by atoms with Crippen molar-refractivity contribution in [1.29, 1.82) is 0 Å². The van der Waals surface area contributed by atoms with Crippen molar-refractivity contribution in [3.05, 3.63) is 0 Å². The summed E-state index contributed by atoms with van der Waals surface area (Å²) in [5, 5.41) is 0. The second-order valence-electron chi connectivity index (χ2n) is 0.569. The van der Waals surface area contributed by atoms with Gasteiger partial charge < -0.3 is 15.2 Å². The summed E-state index contributed by atoms with van der Waals surface area (Å²) in [5.74, 6) is -0.480. The van der Waals surface area contributed by atoms with Crippen LogP contribution in [0, 0.1) is 0 Å². The van der Waals surface area contributed by atoms with Crippen LogP contribution in [0.15, 0.2) is 0 Å².